The highest BCUT2D eigenvalue weighted by Crippen LogP contribution is 2.35. The van der Waals surface area contributed by atoms with E-state index in [0.29, 0.717) is 6.42 Å². The molecule has 35 heavy (non-hydrogen) atoms. The molecule has 0 saturated heterocycles. The third kappa shape index (κ3) is 8.27. The first-order valence-corrected chi connectivity index (χ1v) is 14.1. The average molecular weight is 563 g/mol. The Labute approximate surface area is 222 Å². The highest BCUT2D eigenvalue weighted by atomic mass is 35.5. The van der Waals surface area contributed by atoms with Crippen LogP contribution in [0.15, 0.2) is 42.5 Å². The van der Waals surface area contributed by atoms with Gasteiger partial charge in [0.25, 0.3) is 0 Å². The molecule has 0 bridgehead atoms. The Morgan fingerprint density at radius 3 is 2.17 bits per heavy atom. The lowest BCUT2D eigenvalue weighted by atomic mass is 10.1. The number of rotatable bonds is 11. The smallest absolute Gasteiger partial charge is 0.244 e. The van der Waals surface area contributed by atoms with Gasteiger partial charge in [0.05, 0.1) is 27.0 Å². The Morgan fingerprint density at radius 1 is 1.00 bits per heavy atom. The first-order chi connectivity index (χ1) is 16.3. The molecule has 2 aromatic carbocycles. The molecule has 2 amide bonds. The zero-order chi connectivity index (χ0) is 26.3. The lowest BCUT2D eigenvalue weighted by Gasteiger charge is -2.32. The van der Waals surface area contributed by atoms with Gasteiger partial charge in [-0.15, -0.1) is 0 Å². The van der Waals surface area contributed by atoms with Gasteiger partial charge in [-0.3, -0.25) is 13.9 Å². The summed E-state index contributed by atoms with van der Waals surface area (Å²) in [6.45, 7) is 5.09. The van der Waals surface area contributed by atoms with E-state index in [4.69, 9.17) is 34.8 Å². The lowest BCUT2D eigenvalue weighted by molar-refractivity contribution is -0.139. The topological polar surface area (TPSA) is 86.8 Å². The van der Waals surface area contributed by atoms with Crippen LogP contribution in [-0.4, -0.2) is 56.6 Å². The molecule has 0 aliphatic heterocycles. The summed E-state index contributed by atoms with van der Waals surface area (Å²) < 4.78 is 26.2. The summed E-state index contributed by atoms with van der Waals surface area (Å²) in [5.74, 6) is -0.875. The number of carbonyl (C=O) groups is 2. The van der Waals surface area contributed by atoms with Gasteiger partial charge in [-0.05, 0) is 44.4 Å². The summed E-state index contributed by atoms with van der Waals surface area (Å²) in [5.41, 5.74) is 1.00. The van der Waals surface area contributed by atoms with Crippen LogP contribution in [0.2, 0.25) is 15.1 Å². The molecule has 0 spiro atoms. The van der Waals surface area contributed by atoms with E-state index in [1.807, 2.05) is 44.2 Å². The number of hydrogen-bond donors (Lipinski definition) is 1. The molecule has 0 heterocycles. The zero-order valence-electron chi connectivity index (χ0n) is 20.1. The molecule has 0 fully saturated rings. The minimum Gasteiger partial charge on any atom is -0.352 e. The Bertz CT molecular complexity index is 1150. The summed E-state index contributed by atoms with van der Waals surface area (Å²) in [4.78, 5) is 27.7. The molecule has 0 radical (unpaired) electrons. The predicted molar refractivity (Wildman–Crippen MR) is 143 cm³/mol. The minimum absolute atomic E-state index is 0.0241. The Morgan fingerprint density at radius 2 is 1.60 bits per heavy atom. The van der Waals surface area contributed by atoms with Crippen molar-refractivity contribution in [1.82, 2.24) is 10.2 Å². The number of hydrogen-bond acceptors (Lipinski definition) is 4. The highest BCUT2D eigenvalue weighted by Gasteiger charge is 2.31. The van der Waals surface area contributed by atoms with Crippen LogP contribution >= 0.6 is 34.8 Å². The average Bonchev–Trinajstić information content (AvgIpc) is 2.79. The van der Waals surface area contributed by atoms with Crippen molar-refractivity contribution < 1.29 is 18.0 Å². The van der Waals surface area contributed by atoms with Gasteiger partial charge in [0.15, 0.2) is 0 Å². The van der Waals surface area contributed by atoms with Crippen LogP contribution in [0.5, 0.6) is 0 Å². The van der Waals surface area contributed by atoms with Crippen molar-refractivity contribution >= 4 is 62.3 Å². The van der Waals surface area contributed by atoms with Gasteiger partial charge in [-0.25, -0.2) is 8.42 Å². The van der Waals surface area contributed by atoms with E-state index >= 15 is 0 Å². The van der Waals surface area contributed by atoms with Crippen molar-refractivity contribution in [1.29, 1.82) is 0 Å². The number of nitrogens with zero attached hydrogens (tertiary/aromatic N) is 2. The molecular weight excluding hydrogens is 533 g/mol. The first-order valence-electron chi connectivity index (χ1n) is 11.1. The van der Waals surface area contributed by atoms with Crippen molar-refractivity contribution in [3.05, 3.63) is 63.1 Å². The van der Waals surface area contributed by atoms with E-state index in [0.717, 1.165) is 22.5 Å². The third-order valence-corrected chi connectivity index (χ3v) is 7.74. The number of halogens is 3. The van der Waals surface area contributed by atoms with E-state index in [9.17, 15) is 18.0 Å². The van der Waals surface area contributed by atoms with Crippen molar-refractivity contribution in [2.45, 2.75) is 45.7 Å². The Hall–Kier alpha value is -2.00. The van der Waals surface area contributed by atoms with Crippen molar-refractivity contribution in [2.75, 3.05) is 23.7 Å². The molecule has 2 aromatic rings. The maximum absolute atomic E-state index is 13.5. The first kappa shape index (κ1) is 29.2. The van der Waals surface area contributed by atoms with Gasteiger partial charge in [0, 0.05) is 12.6 Å². The summed E-state index contributed by atoms with van der Waals surface area (Å²) in [5, 5.41) is 3.15. The van der Waals surface area contributed by atoms with Crippen molar-refractivity contribution in [3.63, 3.8) is 0 Å². The summed E-state index contributed by atoms with van der Waals surface area (Å²) in [7, 11) is -3.94. The summed E-state index contributed by atoms with van der Waals surface area (Å²) >= 11 is 18.3. The number of carbonyl (C=O) groups excluding carboxylic acids is 2. The van der Waals surface area contributed by atoms with E-state index in [2.05, 4.69) is 5.32 Å². The minimum atomic E-state index is -3.94. The molecule has 0 aliphatic carbocycles. The molecule has 1 N–H and O–H groups in total. The molecule has 2 rings (SSSR count). The second-order valence-electron chi connectivity index (χ2n) is 8.30. The highest BCUT2D eigenvalue weighted by molar-refractivity contribution is 7.92. The molecule has 0 aliphatic rings. The molecule has 192 valence electrons. The fraction of sp³-hybridized carbons (Fsp3) is 0.417. The fourth-order valence-corrected chi connectivity index (χ4v) is 4.88. The molecule has 0 aromatic heterocycles. The maximum atomic E-state index is 13.5. The number of anilines is 1. The molecule has 7 nitrogen and oxygen atoms in total. The van der Waals surface area contributed by atoms with Gasteiger partial charge >= 0.3 is 0 Å². The fourth-order valence-electron chi connectivity index (χ4n) is 3.33. The molecule has 2 atom stereocenters. The SMILES string of the molecule is CC[C@@H](C)NC(=O)[C@@H](C)N(CCc1ccccc1)C(=O)CN(c1cc(Cl)c(Cl)cc1Cl)S(C)(=O)=O. The number of amides is 2. The van der Waals surface area contributed by atoms with Crippen LogP contribution in [-0.2, 0) is 26.0 Å². The van der Waals surface area contributed by atoms with E-state index in [-0.39, 0.29) is 39.2 Å². The predicted octanol–water partition coefficient (Wildman–Crippen LogP) is 4.79. The van der Waals surface area contributed by atoms with Crippen LogP contribution in [0.1, 0.15) is 32.8 Å². The van der Waals surface area contributed by atoms with Gasteiger partial charge in [-0.1, -0.05) is 72.1 Å². The Kier molecular flexibility index (Phi) is 10.7. The van der Waals surface area contributed by atoms with Gasteiger partial charge in [-0.2, -0.15) is 0 Å². The van der Waals surface area contributed by atoms with Gasteiger partial charge in [0.2, 0.25) is 21.8 Å². The van der Waals surface area contributed by atoms with Gasteiger partial charge in [0.1, 0.15) is 12.6 Å². The van der Waals surface area contributed by atoms with E-state index in [1.54, 1.807) is 6.92 Å². The summed E-state index contributed by atoms with van der Waals surface area (Å²) in [6.07, 6.45) is 2.18. The van der Waals surface area contributed by atoms with E-state index in [1.165, 1.54) is 17.0 Å². The summed E-state index contributed by atoms with van der Waals surface area (Å²) in [6, 6.07) is 11.2. The van der Waals surface area contributed by atoms with Crippen LogP contribution in [0, 0.1) is 0 Å². The van der Waals surface area contributed by atoms with Crippen molar-refractivity contribution in [3.8, 4) is 0 Å². The number of sulfonamides is 1. The monoisotopic (exact) mass is 561 g/mol. The third-order valence-electron chi connectivity index (χ3n) is 5.59. The standard InChI is InChI=1S/C24H30Cl3N3O4S/c1-5-16(2)28-24(32)17(3)29(12-11-18-9-7-6-8-10-18)23(31)15-30(35(4,33)34)22-14-20(26)19(25)13-21(22)27/h6-10,13-14,16-17H,5,11-12,15H2,1-4H3,(H,28,32)/t16-,17-/m1/s1. The van der Waals surface area contributed by atoms with Crippen LogP contribution in [0.4, 0.5) is 5.69 Å². The largest absolute Gasteiger partial charge is 0.352 e. The lowest BCUT2D eigenvalue weighted by Crippen LogP contribution is -2.53. The van der Waals surface area contributed by atoms with Crippen molar-refractivity contribution in [2.24, 2.45) is 0 Å². The second kappa shape index (κ2) is 12.8. The molecular formula is C24H30Cl3N3O4S. The van der Waals surface area contributed by atoms with Gasteiger partial charge < -0.3 is 10.2 Å². The van der Waals surface area contributed by atoms with Crippen LogP contribution < -0.4 is 9.62 Å². The second-order valence-corrected chi connectivity index (χ2v) is 11.4. The van der Waals surface area contributed by atoms with Crippen LogP contribution in [0.3, 0.4) is 0 Å². The number of benzene rings is 2. The molecule has 0 unspecified atom stereocenters. The van der Waals surface area contributed by atoms with E-state index < -0.39 is 28.5 Å². The quantitative estimate of drug-likeness (QED) is 0.399. The zero-order valence-corrected chi connectivity index (χ0v) is 23.2. The normalized spacial score (nSPS) is 13.1. The molecule has 11 heteroatoms. The van der Waals surface area contributed by atoms with Crippen LogP contribution in [0.25, 0.3) is 0 Å². The Balaban J connectivity index is 2.38. The molecule has 0 saturated carbocycles. The maximum Gasteiger partial charge on any atom is 0.244 e. The number of nitrogens with one attached hydrogen (secondary N) is 1.